The van der Waals surface area contributed by atoms with Crippen LogP contribution in [0, 0.1) is 0 Å². The van der Waals surface area contributed by atoms with Gasteiger partial charge in [0.05, 0.1) is 0 Å². The Balaban J connectivity index is 2.03. The molecule has 2 aromatic carbocycles. The van der Waals surface area contributed by atoms with Gasteiger partial charge in [-0.25, -0.2) is 0 Å². The molecule has 0 saturated heterocycles. The zero-order valence-electron chi connectivity index (χ0n) is 11.9. The summed E-state index contributed by atoms with van der Waals surface area (Å²) in [6.07, 6.45) is 3.77. The van der Waals surface area contributed by atoms with E-state index in [-0.39, 0.29) is 11.7 Å². The first-order valence-electron chi connectivity index (χ1n) is 6.86. The molecule has 1 amide bonds. The molecule has 0 spiro atoms. The zero-order valence-corrected chi connectivity index (χ0v) is 11.9. The summed E-state index contributed by atoms with van der Waals surface area (Å²) in [6.45, 7) is 1.79. The molecule has 106 valence electrons. The smallest absolute Gasteiger partial charge is 0.224 e. The summed E-state index contributed by atoms with van der Waals surface area (Å²) in [6, 6.07) is 16.5. The van der Waals surface area contributed by atoms with Crippen LogP contribution in [0.3, 0.4) is 0 Å². The van der Waals surface area contributed by atoms with Crippen molar-refractivity contribution in [2.75, 3.05) is 5.32 Å². The first-order chi connectivity index (χ1) is 10.2. The number of carbonyl (C=O) groups excluding carboxylic acids is 2. The molecule has 0 aliphatic rings. The van der Waals surface area contributed by atoms with Crippen LogP contribution in [-0.2, 0) is 4.79 Å². The molecule has 0 heterocycles. The molecular formula is C18H17NO2. The van der Waals surface area contributed by atoms with Crippen LogP contribution < -0.4 is 5.32 Å². The fraction of sp³-hybridized carbons (Fsp3) is 0.111. The second-order valence-electron chi connectivity index (χ2n) is 4.59. The van der Waals surface area contributed by atoms with E-state index < -0.39 is 0 Å². The Morgan fingerprint density at radius 2 is 1.67 bits per heavy atom. The van der Waals surface area contributed by atoms with Crippen molar-refractivity contribution >= 4 is 23.5 Å². The molecule has 0 aliphatic carbocycles. The number of rotatable bonds is 5. The number of ketones is 1. The molecule has 0 aliphatic heterocycles. The Morgan fingerprint density at radius 1 is 1.00 bits per heavy atom. The second-order valence-corrected chi connectivity index (χ2v) is 4.59. The highest BCUT2D eigenvalue weighted by molar-refractivity contribution is 6.07. The normalized spacial score (nSPS) is 10.5. The number of benzene rings is 2. The summed E-state index contributed by atoms with van der Waals surface area (Å²) in [5, 5.41) is 2.75. The molecule has 0 saturated carbocycles. The Morgan fingerprint density at radius 3 is 2.29 bits per heavy atom. The number of nitrogens with one attached hydrogen (secondary N) is 1. The number of amides is 1. The maximum absolute atomic E-state index is 12.0. The van der Waals surface area contributed by atoms with Gasteiger partial charge in [-0.15, -0.1) is 0 Å². The third-order valence-electron chi connectivity index (χ3n) is 3.00. The van der Waals surface area contributed by atoms with Crippen LogP contribution >= 0.6 is 0 Å². The van der Waals surface area contributed by atoms with Crippen LogP contribution in [0.4, 0.5) is 5.69 Å². The number of hydrogen-bond acceptors (Lipinski definition) is 2. The van der Waals surface area contributed by atoms with Gasteiger partial charge in [-0.3, -0.25) is 9.59 Å². The highest BCUT2D eigenvalue weighted by Crippen LogP contribution is 2.11. The van der Waals surface area contributed by atoms with Crippen molar-refractivity contribution < 1.29 is 9.59 Å². The third kappa shape index (κ3) is 4.42. The van der Waals surface area contributed by atoms with Gasteiger partial charge in [0.15, 0.2) is 5.78 Å². The first-order valence-corrected chi connectivity index (χ1v) is 6.86. The predicted octanol–water partition coefficient (Wildman–Crippen LogP) is 3.93. The van der Waals surface area contributed by atoms with Crippen LogP contribution in [0.2, 0.25) is 0 Å². The lowest BCUT2D eigenvalue weighted by Crippen LogP contribution is -2.09. The van der Waals surface area contributed by atoms with Crippen molar-refractivity contribution in [1.29, 1.82) is 0 Å². The number of carbonyl (C=O) groups is 2. The van der Waals surface area contributed by atoms with Crippen molar-refractivity contribution in [1.82, 2.24) is 0 Å². The van der Waals surface area contributed by atoms with Gasteiger partial charge in [-0.2, -0.15) is 0 Å². The van der Waals surface area contributed by atoms with E-state index in [0.717, 1.165) is 5.56 Å². The van der Waals surface area contributed by atoms with Crippen LogP contribution in [0.1, 0.15) is 29.3 Å². The molecule has 0 unspecified atom stereocenters. The Kier molecular flexibility index (Phi) is 5.04. The van der Waals surface area contributed by atoms with Gasteiger partial charge in [0.2, 0.25) is 5.91 Å². The number of hydrogen-bond donors (Lipinski definition) is 1. The minimum Gasteiger partial charge on any atom is -0.326 e. The van der Waals surface area contributed by atoms with Crippen LogP contribution in [-0.4, -0.2) is 11.7 Å². The molecule has 3 heteroatoms. The molecular weight excluding hydrogens is 262 g/mol. The van der Waals surface area contributed by atoms with Crippen LogP contribution in [0.5, 0.6) is 0 Å². The molecule has 0 fully saturated rings. The summed E-state index contributed by atoms with van der Waals surface area (Å²) < 4.78 is 0. The van der Waals surface area contributed by atoms with Crippen molar-refractivity contribution in [3.8, 4) is 0 Å². The van der Waals surface area contributed by atoms with Gasteiger partial charge in [0.1, 0.15) is 0 Å². The number of anilines is 1. The Hall–Kier alpha value is -2.68. The first kappa shape index (κ1) is 14.7. The summed E-state index contributed by atoms with van der Waals surface area (Å²) in [7, 11) is 0. The van der Waals surface area contributed by atoms with E-state index in [2.05, 4.69) is 5.32 Å². The fourth-order valence-electron chi connectivity index (χ4n) is 1.80. The van der Waals surface area contributed by atoms with E-state index >= 15 is 0 Å². The molecule has 0 radical (unpaired) electrons. The largest absolute Gasteiger partial charge is 0.326 e. The Bertz CT molecular complexity index is 643. The molecule has 0 bridgehead atoms. The quantitative estimate of drug-likeness (QED) is 0.665. The van der Waals surface area contributed by atoms with Crippen molar-refractivity contribution in [2.24, 2.45) is 0 Å². The molecule has 2 aromatic rings. The monoisotopic (exact) mass is 279 g/mol. The minimum absolute atomic E-state index is 0.0435. The minimum atomic E-state index is -0.0628. The molecule has 3 nitrogen and oxygen atoms in total. The SMILES string of the molecule is CCC(=O)Nc1ccc(C(=O)/C=C/c2ccccc2)cc1. The molecule has 0 aromatic heterocycles. The average Bonchev–Trinajstić information content (AvgIpc) is 2.54. The van der Waals surface area contributed by atoms with Gasteiger partial charge in [0.25, 0.3) is 0 Å². The predicted molar refractivity (Wildman–Crippen MR) is 85.2 cm³/mol. The average molecular weight is 279 g/mol. The highest BCUT2D eigenvalue weighted by Gasteiger charge is 2.03. The topological polar surface area (TPSA) is 46.2 Å². The van der Waals surface area contributed by atoms with E-state index in [1.807, 2.05) is 30.3 Å². The standard InChI is InChI=1S/C18H17NO2/c1-2-18(21)19-16-11-9-15(10-12-16)17(20)13-8-14-6-4-3-5-7-14/h3-13H,2H2,1H3,(H,19,21)/b13-8+. The van der Waals surface area contributed by atoms with Gasteiger partial charge in [0, 0.05) is 17.7 Å². The molecule has 2 rings (SSSR count). The van der Waals surface area contributed by atoms with E-state index in [9.17, 15) is 9.59 Å². The molecule has 21 heavy (non-hydrogen) atoms. The third-order valence-corrected chi connectivity index (χ3v) is 3.00. The summed E-state index contributed by atoms with van der Waals surface area (Å²) in [5.41, 5.74) is 2.28. The maximum Gasteiger partial charge on any atom is 0.224 e. The van der Waals surface area contributed by atoms with E-state index in [4.69, 9.17) is 0 Å². The Labute approximate surface area is 124 Å². The maximum atomic E-state index is 12.0. The van der Waals surface area contributed by atoms with Gasteiger partial charge >= 0.3 is 0 Å². The lowest BCUT2D eigenvalue weighted by atomic mass is 10.1. The van der Waals surface area contributed by atoms with Gasteiger partial charge < -0.3 is 5.32 Å². The lowest BCUT2D eigenvalue weighted by molar-refractivity contribution is -0.115. The number of allylic oxidation sites excluding steroid dienone is 1. The van der Waals surface area contributed by atoms with E-state index in [1.54, 1.807) is 43.3 Å². The zero-order chi connectivity index (χ0) is 15.1. The molecule has 0 atom stereocenters. The lowest BCUT2D eigenvalue weighted by Gasteiger charge is -2.03. The van der Waals surface area contributed by atoms with Crippen molar-refractivity contribution in [2.45, 2.75) is 13.3 Å². The van der Waals surface area contributed by atoms with Gasteiger partial charge in [-0.05, 0) is 35.9 Å². The van der Waals surface area contributed by atoms with Crippen LogP contribution in [0.25, 0.3) is 6.08 Å². The summed E-state index contributed by atoms with van der Waals surface area (Å²) in [5.74, 6) is -0.106. The van der Waals surface area contributed by atoms with Crippen molar-refractivity contribution in [3.05, 3.63) is 71.8 Å². The second kappa shape index (κ2) is 7.20. The summed E-state index contributed by atoms with van der Waals surface area (Å²) in [4.78, 5) is 23.3. The fourth-order valence-corrected chi connectivity index (χ4v) is 1.80. The highest BCUT2D eigenvalue weighted by atomic mass is 16.1. The summed E-state index contributed by atoms with van der Waals surface area (Å²) >= 11 is 0. The van der Waals surface area contributed by atoms with Crippen molar-refractivity contribution in [3.63, 3.8) is 0 Å². The molecule has 1 N–H and O–H groups in total. The van der Waals surface area contributed by atoms with E-state index in [1.165, 1.54) is 0 Å². The van der Waals surface area contributed by atoms with E-state index in [0.29, 0.717) is 17.7 Å². The van der Waals surface area contributed by atoms with Crippen LogP contribution in [0.15, 0.2) is 60.7 Å². The van der Waals surface area contributed by atoms with Gasteiger partial charge in [-0.1, -0.05) is 43.3 Å².